The van der Waals surface area contributed by atoms with E-state index in [9.17, 15) is 9.59 Å². The highest BCUT2D eigenvalue weighted by Crippen LogP contribution is 2.54. The number of Topliss-reactive ketones (excluding diaryl/α,β-unsaturated/α-hetero) is 1. The lowest BCUT2D eigenvalue weighted by molar-refractivity contribution is -0.118. The SMILES string of the molecule is CCOc1cc(OC)c2c(c1Cl)O[C@]1(C2=O)C(OC)=CC(=O)C[C@H]1C. The monoisotopic (exact) mass is 366 g/mol. The number of benzene rings is 1. The van der Waals surface area contributed by atoms with Crippen LogP contribution in [0.1, 0.15) is 30.6 Å². The Balaban J connectivity index is 2.23. The summed E-state index contributed by atoms with van der Waals surface area (Å²) in [6.45, 7) is 4.00. The van der Waals surface area contributed by atoms with Crippen LogP contribution in [-0.4, -0.2) is 38.0 Å². The average molecular weight is 367 g/mol. The number of ether oxygens (including phenoxy) is 4. The molecule has 0 aromatic heterocycles. The normalized spacial score (nSPS) is 24.7. The van der Waals surface area contributed by atoms with Crippen molar-refractivity contribution in [2.75, 3.05) is 20.8 Å². The fraction of sp³-hybridized carbons (Fsp3) is 0.444. The summed E-state index contributed by atoms with van der Waals surface area (Å²) in [6, 6.07) is 1.57. The molecule has 0 saturated heterocycles. The van der Waals surface area contributed by atoms with Crippen molar-refractivity contribution in [3.63, 3.8) is 0 Å². The first-order valence-corrected chi connectivity index (χ1v) is 8.34. The maximum absolute atomic E-state index is 13.3. The van der Waals surface area contributed by atoms with Crippen LogP contribution in [0.3, 0.4) is 0 Å². The molecule has 1 aliphatic carbocycles. The molecule has 0 unspecified atom stereocenters. The lowest BCUT2D eigenvalue weighted by Crippen LogP contribution is -2.51. The van der Waals surface area contributed by atoms with Crippen molar-refractivity contribution in [2.24, 2.45) is 5.92 Å². The lowest BCUT2D eigenvalue weighted by Gasteiger charge is -2.36. The molecule has 6 nitrogen and oxygen atoms in total. The van der Waals surface area contributed by atoms with Crippen LogP contribution in [0, 0.1) is 5.92 Å². The predicted molar refractivity (Wildman–Crippen MR) is 90.7 cm³/mol. The van der Waals surface area contributed by atoms with E-state index in [0.29, 0.717) is 18.1 Å². The summed E-state index contributed by atoms with van der Waals surface area (Å²) in [7, 11) is 2.86. The molecule has 134 valence electrons. The van der Waals surface area contributed by atoms with Crippen LogP contribution in [0.5, 0.6) is 17.2 Å². The zero-order valence-corrected chi connectivity index (χ0v) is 15.2. The fourth-order valence-electron chi connectivity index (χ4n) is 3.41. The standard InChI is InChI=1S/C18H19ClO6/c1-5-24-12-8-11(22-3)14-16(15(12)19)25-18(17(14)21)9(2)6-10(20)7-13(18)23-4/h7-9H,5-6H2,1-4H3/t9-,18+/m1/s1. The minimum atomic E-state index is -1.42. The van der Waals surface area contributed by atoms with Gasteiger partial charge < -0.3 is 18.9 Å². The maximum Gasteiger partial charge on any atom is 0.231 e. The van der Waals surface area contributed by atoms with Gasteiger partial charge in [-0.25, -0.2) is 0 Å². The summed E-state index contributed by atoms with van der Waals surface area (Å²) in [6.07, 6.45) is 1.48. The summed E-state index contributed by atoms with van der Waals surface area (Å²) >= 11 is 6.41. The van der Waals surface area contributed by atoms with Gasteiger partial charge in [-0.1, -0.05) is 18.5 Å². The molecule has 2 aliphatic rings. The molecule has 1 aromatic rings. The Morgan fingerprint density at radius 3 is 2.60 bits per heavy atom. The highest BCUT2D eigenvalue weighted by molar-refractivity contribution is 6.35. The molecular formula is C18H19ClO6. The topological polar surface area (TPSA) is 71.1 Å². The Morgan fingerprint density at radius 1 is 1.28 bits per heavy atom. The van der Waals surface area contributed by atoms with Crippen LogP contribution in [0.15, 0.2) is 17.9 Å². The molecule has 0 amide bonds. The van der Waals surface area contributed by atoms with Gasteiger partial charge in [0.05, 0.1) is 20.8 Å². The van der Waals surface area contributed by atoms with E-state index in [0.717, 1.165) is 0 Å². The van der Waals surface area contributed by atoms with Crippen LogP contribution < -0.4 is 14.2 Å². The van der Waals surface area contributed by atoms with E-state index >= 15 is 0 Å². The van der Waals surface area contributed by atoms with Crippen molar-refractivity contribution >= 4 is 23.2 Å². The van der Waals surface area contributed by atoms with E-state index in [-0.39, 0.29) is 40.1 Å². The predicted octanol–water partition coefficient (Wildman–Crippen LogP) is 3.20. The van der Waals surface area contributed by atoms with Crippen molar-refractivity contribution in [2.45, 2.75) is 25.9 Å². The molecule has 1 aromatic carbocycles. The van der Waals surface area contributed by atoms with Crippen LogP contribution in [0.4, 0.5) is 0 Å². The van der Waals surface area contributed by atoms with Gasteiger partial charge in [0.25, 0.3) is 0 Å². The number of allylic oxidation sites excluding steroid dienone is 1. The van der Waals surface area contributed by atoms with Gasteiger partial charge in [-0.05, 0) is 6.92 Å². The molecule has 1 spiro atoms. The van der Waals surface area contributed by atoms with Gasteiger partial charge in [-0.2, -0.15) is 0 Å². The van der Waals surface area contributed by atoms with Crippen LogP contribution in [0.2, 0.25) is 5.02 Å². The zero-order chi connectivity index (χ0) is 18.4. The highest BCUT2D eigenvalue weighted by Gasteiger charge is 2.59. The Hall–Kier alpha value is -2.21. The van der Waals surface area contributed by atoms with Crippen LogP contribution in [0.25, 0.3) is 0 Å². The number of hydrogen-bond donors (Lipinski definition) is 0. The number of methoxy groups -OCH3 is 2. The van der Waals surface area contributed by atoms with E-state index in [1.54, 1.807) is 13.0 Å². The van der Waals surface area contributed by atoms with Gasteiger partial charge in [0.1, 0.15) is 22.1 Å². The first-order valence-electron chi connectivity index (χ1n) is 7.96. The molecule has 3 rings (SSSR count). The first kappa shape index (κ1) is 17.6. The minimum Gasteiger partial charge on any atom is -0.496 e. The van der Waals surface area contributed by atoms with Crippen LogP contribution >= 0.6 is 11.6 Å². The highest BCUT2D eigenvalue weighted by atomic mass is 35.5. The molecule has 25 heavy (non-hydrogen) atoms. The quantitative estimate of drug-likeness (QED) is 0.815. The van der Waals surface area contributed by atoms with E-state index < -0.39 is 11.5 Å². The molecule has 0 radical (unpaired) electrons. The number of ketones is 2. The van der Waals surface area contributed by atoms with Crippen LogP contribution in [-0.2, 0) is 9.53 Å². The van der Waals surface area contributed by atoms with E-state index in [4.69, 9.17) is 30.5 Å². The molecule has 0 saturated carbocycles. The van der Waals surface area contributed by atoms with Gasteiger partial charge in [0.15, 0.2) is 17.3 Å². The number of rotatable bonds is 4. The third kappa shape index (κ3) is 2.39. The molecule has 1 aliphatic heterocycles. The Morgan fingerprint density at radius 2 is 2.00 bits per heavy atom. The number of halogens is 1. The summed E-state index contributed by atoms with van der Waals surface area (Å²) in [5.41, 5.74) is -1.19. The summed E-state index contributed by atoms with van der Waals surface area (Å²) in [5.74, 6) is 0.174. The molecule has 0 fully saturated rings. The third-order valence-corrected chi connectivity index (χ3v) is 4.94. The second-order valence-electron chi connectivity index (χ2n) is 5.98. The minimum absolute atomic E-state index is 0.115. The molecule has 7 heteroatoms. The van der Waals surface area contributed by atoms with Gasteiger partial charge in [0.2, 0.25) is 11.4 Å². The van der Waals surface area contributed by atoms with E-state index in [1.165, 1.54) is 20.3 Å². The maximum atomic E-state index is 13.3. The number of carbonyl (C=O) groups excluding carboxylic acids is 2. The van der Waals surface area contributed by atoms with Gasteiger partial charge >= 0.3 is 0 Å². The fourth-order valence-corrected chi connectivity index (χ4v) is 3.65. The lowest BCUT2D eigenvalue weighted by atomic mass is 9.75. The van der Waals surface area contributed by atoms with E-state index in [1.807, 2.05) is 6.92 Å². The number of hydrogen-bond acceptors (Lipinski definition) is 6. The summed E-state index contributed by atoms with van der Waals surface area (Å²) < 4.78 is 22.3. The number of fused-ring (bicyclic) bond motifs is 1. The molecule has 0 bridgehead atoms. The zero-order valence-electron chi connectivity index (χ0n) is 14.5. The molecule has 0 N–H and O–H groups in total. The van der Waals surface area contributed by atoms with Gasteiger partial charge in [-0.15, -0.1) is 0 Å². The van der Waals surface area contributed by atoms with Crippen molar-refractivity contribution in [3.8, 4) is 17.2 Å². The van der Waals surface area contributed by atoms with Crippen molar-refractivity contribution in [3.05, 3.63) is 28.5 Å². The molecule has 2 atom stereocenters. The van der Waals surface area contributed by atoms with Crippen molar-refractivity contribution in [1.82, 2.24) is 0 Å². The number of carbonyl (C=O) groups is 2. The smallest absolute Gasteiger partial charge is 0.231 e. The Bertz CT molecular complexity index is 784. The van der Waals surface area contributed by atoms with Gasteiger partial charge in [0, 0.05) is 24.5 Å². The summed E-state index contributed by atoms with van der Waals surface area (Å²) in [5, 5.41) is 0.197. The second-order valence-corrected chi connectivity index (χ2v) is 6.36. The molecular weight excluding hydrogens is 348 g/mol. The molecule has 1 heterocycles. The average Bonchev–Trinajstić information content (AvgIpc) is 2.89. The van der Waals surface area contributed by atoms with Gasteiger partial charge in [-0.3, -0.25) is 9.59 Å². The van der Waals surface area contributed by atoms with Crippen molar-refractivity contribution in [1.29, 1.82) is 0 Å². The first-order chi connectivity index (χ1) is 11.9. The largest absolute Gasteiger partial charge is 0.496 e. The Labute approximate surface area is 150 Å². The van der Waals surface area contributed by atoms with Crippen molar-refractivity contribution < 1.29 is 28.5 Å². The van der Waals surface area contributed by atoms with E-state index in [2.05, 4.69) is 0 Å². The second kappa shape index (κ2) is 6.26. The Kier molecular flexibility index (Phi) is 4.41. The third-order valence-electron chi connectivity index (χ3n) is 4.58. The summed E-state index contributed by atoms with van der Waals surface area (Å²) in [4.78, 5) is 25.2.